The second kappa shape index (κ2) is 14.1. The van der Waals surface area contributed by atoms with E-state index in [4.69, 9.17) is 4.74 Å². The molecule has 5 atom stereocenters. The van der Waals surface area contributed by atoms with Gasteiger partial charge in [-0.3, -0.25) is 14.4 Å². The summed E-state index contributed by atoms with van der Waals surface area (Å²) in [6.45, 7) is 13.4. The van der Waals surface area contributed by atoms with Crippen molar-refractivity contribution in [2.75, 3.05) is 31.1 Å². The molecule has 5 rings (SSSR count). The van der Waals surface area contributed by atoms with E-state index in [2.05, 4.69) is 13.2 Å². The number of hydrogen-bond acceptors (Lipinski definition) is 5. The molecule has 0 aromatic heterocycles. The van der Waals surface area contributed by atoms with Crippen molar-refractivity contribution in [2.24, 2.45) is 11.8 Å². The maximum atomic E-state index is 14.8. The topological polar surface area (TPSA) is 90.4 Å². The van der Waals surface area contributed by atoms with Crippen LogP contribution >= 0.6 is 0 Å². The highest BCUT2D eigenvalue weighted by atomic mass is 16.5. The number of nitrogens with zero attached hydrogens (tertiary/aromatic N) is 3. The van der Waals surface area contributed by atoms with Crippen LogP contribution in [0, 0.1) is 25.7 Å². The van der Waals surface area contributed by atoms with Gasteiger partial charge in [0, 0.05) is 38.5 Å². The molecule has 2 bridgehead atoms. The SMILES string of the molecule is C=CCN(Cc1ccccc1)C(=O)[C@@H]1[C@@H]2CCC3(O2)C(C(=O)N(CC=C)c2cc(C)ccc2C)N(CCCCCCO)C(=O)[C@H]13. The van der Waals surface area contributed by atoms with Gasteiger partial charge in [-0.1, -0.05) is 67.5 Å². The molecule has 3 aliphatic rings. The lowest BCUT2D eigenvalue weighted by molar-refractivity contribution is -0.145. The molecule has 3 fully saturated rings. The number of ether oxygens (including phenoxy) is 1. The van der Waals surface area contributed by atoms with E-state index in [0.29, 0.717) is 45.3 Å². The normalized spacial score (nSPS) is 24.9. The van der Waals surface area contributed by atoms with E-state index < -0.39 is 29.6 Å². The van der Waals surface area contributed by atoms with E-state index in [1.165, 1.54) is 0 Å². The largest absolute Gasteiger partial charge is 0.396 e. The molecule has 0 radical (unpaired) electrons. The lowest BCUT2D eigenvalue weighted by Gasteiger charge is -2.37. The molecular weight excluding hydrogens is 566 g/mol. The van der Waals surface area contributed by atoms with Crippen LogP contribution in [-0.4, -0.2) is 76.6 Å². The minimum atomic E-state index is -1.08. The molecule has 0 aliphatic carbocycles. The fraction of sp³-hybridized carbons (Fsp3) is 0.486. The molecule has 1 N–H and O–H groups in total. The Morgan fingerprint density at radius 2 is 1.76 bits per heavy atom. The number of carbonyl (C=O) groups is 3. The molecule has 8 heteroatoms. The van der Waals surface area contributed by atoms with Crippen molar-refractivity contribution in [1.82, 2.24) is 9.80 Å². The zero-order chi connectivity index (χ0) is 32.1. The second-order valence-electron chi connectivity index (χ2n) is 12.7. The molecule has 0 saturated carbocycles. The molecule has 3 heterocycles. The van der Waals surface area contributed by atoms with E-state index in [1.54, 1.807) is 26.9 Å². The van der Waals surface area contributed by atoms with E-state index in [1.807, 2.05) is 62.4 Å². The van der Waals surface area contributed by atoms with E-state index in [0.717, 1.165) is 35.2 Å². The third-order valence-electron chi connectivity index (χ3n) is 9.74. The maximum Gasteiger partial charge on any atom is 0.253 e. The summed E-state index contributed by atoms with van der Waals surface area (Å²) in [6.07, 6.45) is 7.22. The summed E-state index contributed by atoms with van der Waals surface area (Å²) in [4.78, 5) is 48.9. The Balaban J connectivity index is 1.51. The number of fused-ring (bicyclic) bond motifs is 1. The zero-order valence-electron chi connectivity index (χ0n) is 26.7. The summed E-state index contributed by atoms with van der Waals surface area (Å²) >= 11 is 0. The number of amides is 3. The summed E-state index contributed by atoms with van der Waals surface area (Å²) in [5, 5.41) is 9.25. The second-order valence-corrected chi connectivity index (χ2v) is 12.7. The fourth-order valence-corrected chi connectivity index (χ4v) is 7.70. The number of hydrogen-bond donors (Lipinski definition) is 1. The first-order valence-corrected chi connectivity index (χ1v) is 16.3. The highest BCUT2D eigenvalue weighted by Gasteiger charge is 2.74. The number of benzene rings is 2. The quantitative estimate of drug-likeness (QED) is 0.227. The molecule has 3 saturated heterocycles. The molecule has 2 aromatic carbocycles. The molecule has 8 nitrogen and oxygen atoms in total. The minimum Gasteiger partial charge on any atom is -0.396 e. The first-order valence-electron chi connectivity index (χ1n) is 16.3. The summed E-state index contributed by atoms with van der Waals surface area (Å²) in [5.74, 6) is -1.90. The van der Waals surface area contributed by atoms with Gasteiger partial charge in [-0.2, -0.15) is 0 Å². The van der Waals surface area contributed by atoms with Crippen LogP contribution in [0.15, 0.2) is 73.8 Å². The molecule has 2 unspecified atom stereocenters. The summed E-state index contributed by atoms with van der Waals surface area (Å²) < 4.78 is 6.75. The van der Waals surface area contributed by atoms with Crippen LogP contribution in [0.4, 0.5) is 5.69 Å². The van der Waals surface area contributed by atoms with Gasteiger partial charge < -0.3 is 24.5 Å². The number of rotatable bonds is 15. The number of carbonyl (C=O) groups excluding carboxylic acids is 3. The van der Waals surface area contributed by atoms with Gasteiger partial charge in [-0.15, -0.1) is 13.2 Å². The van der Waals surface area contributed by atoms with Gasteiger partial charge in [0.1, 0.15) is 11.6 Å². The average molecular weight is 614 g/mol. The van der Waals surface area contributed by atoms with Crippen molar-refractivity contribution < 1.29 is 24.2 Å². The molecule has 3 amide bonds. The van der Waals surface area contributed by atoms with Crippen molar-refractivity contribution in [3.8, 4) is 0 Å². The number of likely N-dealkylation sites (tertiary alicyclic amines) is 1. The van der Waals surface area contributed by atoms with Crippen LogP contribution in [0.3, 0.4) is 0 Å². The minimum absolute atomic E-state index is 0.128. The van der Waals surface area contributed by atoms with E-state index >= 15 is 0 Å². The summed E-state index contributed by atoms with van der Waals surface area (Å²) in [6, 6.07) is 15.0. The van der Waals surface area contributed by atoms with Crippen molar-refractivity contribution in [2.45, 2.75) is 76.7 Å². The maximum absolute atomic E-state index is 14.8. The van der Waals surface area contributed by atoms with Crippen molar-refractivity contribution >= 4 is 23.4 Å². The predicted octanol–water partition coefficient (Wildman–Crippen LogP) is 4.96. The fourth-order valence-electron chi connectivity index (χ4n) is 7.70. The van der Waals surface area contributed by atoms with Gasteiger partial charge in [0.2, 0.25) is 11.8 Å². The van der Waals surface area contributed by atoms with Crippen LogP contribution < -0.4 is 4.90 Å². The number of aryl methyl sites for hydroxylation is 2. The van der Waals surface area contributed by atoms with Crippen molar-refractivity contribution in [3.63, 3.8) is 0 Å². The number of aliphatic hydroxyl groups is 1. The molecule has 2 aromatic rings. The van der Waals surface area contributed by atoms with E-state index in [-0.39, 0.29) is 30.9 Å². The lowest BCUT2D eigenvalue weighted by Crippen LogP contribution is -2.56. The Morgan fingerprint density at radius 3 is 2.47 bits per heavy atom. The monoisotopic (exact) mass is 613 g/mol. The molecule has 1 spiro atoms. The van der Waals surface area contributed by atoms with E-state index in [9.17, 15) is 19.5 Å². The lowest BCUT2D eigenvalue weighted by atomic mass is 9.70. The van der Waals surface area contributed by atoms with Gasteiger partial charge in [-0.25, -0.2) is 0 Å². The molecule has 240 valence electrons. The Kier molecular flexibility index (Phi) is 10.2. The van der Waals surface area contributed by atoms with Gasteiger partial charge in [0.15, 0.2) is 0 Å². The van der Waals surface area contributed by atoms with Crippen molar-refractivity contribution in [1.29, 1.82) is 0 Å². The number of anilines is 1. The highest BCUT2D eigenvalue weighted by molar-refractivity contribution is 6.05. The third kappa shape index (κ3) is 6.23. The van der Waals surface area contributed by atoms with Crippen LogP contribution in [0.1, 0.15) is 55.2 Å². The Bertz CT molecular complexity index is 1410. The third-order valence-corrected chi connectivity index (χ3v) is 9.74. The first-order chi connectivity index (χ1) is 21.8. The van der Waals surface area contributed by atoms with Gasteiger partial charge in [-0.05, 0) is 62.3 Å². The van der Waals surface area contributed by atoms with Crippen LogP contribution in [-0.2, 0) is 25.7 Å². The Labute approximate surface area is 267 Å². The highest BCUT2D eigenvalue weighted by Crippen LogP contribution is 2.59. The smallest absolute Gasteiger partial charge is 0.253 e. The molecule has 3 aliphatic heterocycles. The van der Waals surface area contributed by atoms with Gasteiger partial charge in [0.25, 0.3) is 5.91 Å². The van der Waals surface area contributed by atoms with Gasteiger partial charge in [0.05, 0.1) is 17.9 Å². The standard InChI is InChI=1S/C37H47N3O5/c1-5-20-38(25-28-14-10-9-11-15-28)34(42)31-30-18-19-37(45-30)32(31)35(43)40(22-12-7-8-13-23-41)33(37)36(44)39(21-6-2)29-24-26(3)16-17-27(29)4/h5-6,9-11,14-17,24,30-33,41H,1-2,7-8,12-13,18-23,25H2,3-4H3/t30-,31+,32-,33?,37?/m0/s1. The average Bonchev–Trinajstić information content (AvgIpc) is 3.68. The Hall–Kier alpha value is -3.75. The first kappa shape index (κ1) is 32.6. The Morgan fingerprint density at radius 1 is 1.02 bits per heavy atom. The number of unbranched alkanes of at least 4 members (excludes halogenated alkanes) is 3. The molecular formula is C37H47N3O5. The zero-order valence-corrected chi connectivity index (χ0v) is 26.7. The van der Waals surface area contributed by atoms with Crippen LogP contribution in [0.25, 0.3) is 0 Å². The van der Waals surface area contributed by atoms with Gasteiger partial charge >= 0.3 is 0 Å². The predicted molar refractivity (Wildman–Crippen MR) is 175 cm³/mol. The van der Waals surface area contributed by atoms with Crippen LogP contribution in [0.5, 0.6) is 0 Å². The number of aliphatic hydroxyl groups excluding tert-OH is 1. The summed E-state index contributed by atoms with van der Waals surface area (Å²) in [7, 11) is 0. The van der Waals surface area contributed by atoms with Crippen molar-refractivity contribution in [3.05, 3.63) is 90.5 Å². The van der Waals surface area contributed by atoms with Crippen LogP contribution in [0.2, 0.25) is 0 Å². The molecule has 45 heavy (non-hydrogen) atoms. The summed E-state index contributed by atoms with van der Waals surface area (Å²) in [5.41, 5.74) is 2.69.